The van der Waals surface area contributed by atoms with Crippen LogP contribution in [0.1, 0.15) is 30.0 Å². The topological polar surface area (TPSA) is 12.0 Å². The van der Waals surface area contributed by atoms with Gasteiger partial charge >= 0.3 is 0 Å². The van der Waals surface area contributed by atoms with E-state index in [0.29, 0.717) is 0 Å². The van der Waals surface area contributed by atoms with Crippen molar-refractivity contribution in [1.82, 2.24) is 5.32 Å². The maximum atomic E-state index is 3.41. The van der Waals surface area contributed by atoms with Gasteiger partial charge in [0, 0.05) is 6.54 Å². The molecule has 0 heterocycles. The molecular weight excluding hydrogens is 158 g/mol. The molecular formula is C12H19N. The zero-order chi connectivity index (χ0) is 9.68. The first-order valence-electron chi connectivity index (χ1n) is 5.00. The highest BCUT2D eigenvalue weighted by molar-refractivity contribution is 5.28. The van der Waals surface area contributed by atoms with Crippen molar-refractivity contribution in [3.8, 4) is 0 Å². The molecule has 0 atom stereocenters. The first kappa shape index (κ1) is 10.3. The Balaban J connectivity index is 2.56. The van der Waals surface area contributed by atoms with Crippen LogP contribution in [0, 0.1) is 13.8 Å². The van der Waals surface area contributed by atoms with Gasteiger partial charge in [0.05, 0.1) is 0 Å². The normalized spacial score (nSPS) is 10.4. The molecule has 0 aliphatic rings. The molecule has 1 rings (SSSR count). The van der Waals surface area contributed by atoms with E-state index in [-0.39, 0.29) is 0 Å². The summed E-state index contributed by atoms with van der Waals surface area (Å²) >= 11 is 0. The molecule has 1 nitrogen and oxygen atoms in total. The molecule has 0 bridgehead atoms. The third kappa shape index (κ3) is 3.60. The minimum Gasteiger partial charge on any atom is -0.313 e. The summed E-state index contributed by atoms with van der Waals surface area (Å²) in [7, 11) is 0. The van der Waals surface area contributed by atoms with Crippen molar-refractivity contribution in [3.63, 3.8) is 0 Å². The number of benzene rings is 1. The molecule has 0 aliphatic carbocycles. The number of nitrogens with one attached hydrogen (secondary N) is 1. The molecule has 0 radical (unpaired) electrons. The fraction of sp³-hybridized carbons (Fsp3) is 0.500. The van der Waals surface area contributed by atoms with Crippen molar-refractivity contribution in [3.05, 3.63) is 34.9 Å². The van der Waals surface area contributed by atoms with E-state index in [2.05, 4.69) is 44.3 Å². The van der Waals surface area contributed by atoms with E-state index in [1.54, 1.807) is 0 Å². The van der Waals surface area contributed by atoms with Gasteiger partial charge in [-0.05, 0) is 32.4 Å². The molecule has 0 unspecified atom stereocenters. The third-order valence-corrected chi connectivity index (χ3v) is 2.04. The van der Waals surface area contributed by atoms with Crippen LogP contribution >= 0.6 is 0 Å². The molecule has 0 aromatic heterocycles. The molecule has 0 spiro atoms. The van der Waals surface area contributed by atoms with Crippen molar-refractivity contribution in [1.29, 1.82) is 0 Å². The van der Waals surface area contributed by atoms with Gasteiger partial charge in [0.1, 0.15) is 0 Å². The summed E-state index contributed by atoms with van der Waals surface area (Å²) in [6, 6.07) is 6.70. The van der Waals surface area contributed by atoms with Crippen LogP contribution in [-0.2, 0) is 6.54 Å². The van der Waals surface area contributed by atoms with E-state index in [0.717, 1.165) is 13.1 Å². The average Bonchev–Trinajstić information content (AvgIpc) is 2.03. The predicted octanol–water partition coefficient (Wildman–Crippen LogP) is 2.80. The van der Waals surface area contributed by atoms with Gasteiger partial charge in [-0.25, -0.2) is 0 Å². The van der Waals surface area contributed by atoms with Crippen molar-refractivity contribution in [2.45, 2.75) is 33.7 Å². The van der Waals surface area contributed by atoms with Gasteiger partial charge in [0.25, 0.3) is 0 Å². The lowest BCUT2D eigenvalue weighted by Gasteiger charge is -2.05. The second kappa shape index (κ2) is 5.03. The van der Waals surface area contributed by atoms with Crippen LogP contribution in [0.5, 0.6) is 0 Å². The summed E-state index contributed by atoms with van der Waals surface area (Å²) in [6.45, 7) is 8.59. The fourth-order valence-electron chi connectivity index (χ4n) is 1.58. The molecule has 1 aromatic rings. The summed E-state index contributed by atoms with van der Waals surface area (Å²) < 4.78 is 0. The van der Waals surface area contributed by atoms with E-state index < -0.39 is 0 Å². The summed E-state index contributed by atoms with van der Waals surface area (Å²) in [5.41, 5.74) is 4.10. The van der Waals surface area contributed by atoms with E-state index in [1.807, 2.05) is 0 Å². The lowest BCUT2D eigenvalue weighted by Crippen LogP contribution is -2.13. The number of hydrogen-bond acceptors (Lipinski definition) is 1. The second-order valence-electron chi connectivity index (χ2n) is 3.67. The van der Waals surface area contributed by atoms with Crippen LogP contribution in [0.25, 0.3) is 0 Å². The maximum Gasteiger partial charge on any atom is 0.0205 e. The standard InChI is InChI=1S/C12H19N/c1-4-5-13-9-12-7-10(2)6-11(3)8-12/h6-8,13H,4-5,9H2,1-3H3. The predicted molar refractivity (Wildman–Crippen MR) is 57.9 cm³/mol. The van der Waals surface area contributed by atoms with E-state index >= 15 is 0 Å². The minimum absolute atomic E-state index is 0.996. The monoisotopic (exact) mass is 177 g/mol. The van der Waals surface area contributed by atoms with Crippen molar-refractivity contribution in [2.24, 2.45) is 0 Å². The molecule has 0 saturated carbocycles. The van der Waals surface area contributed by atoms with Gasteiger partial charge in [-0.2, -0.15) is 0 Å². The van der Waals surface area contributed by atoms with Crippen LogP contribution in [0.3, 0.4) is 0 Å². The lowest BCUT2D eigenvalue weighted by molar-refractivity contribution is 0.675. The van der Waals surface area contributed by atoms with Gasteiger partial charge in [0.2, 0.25) is 0 Å². The highest BCUT2D eigenvalue weighted by Gasteiger charge is 1.94. The summed E-state index contributed by atoms with van der Waals surface area (Å²) in [6.07, 6.45) is 1.20. The lowest BCUT2D eigenvalue weighted by atomic mass is 10.1. The van der Waals surface area contributed by atoms with Crippen molar-refractivity contribution in [2.75, 3.05) is 6.54 Å². The Morgan fingerprint density at radius 3 is 2.23 bits per heavy atom. The van der Waals surface area contributed by atoms with Gasteiger partial charge in [-0.1, -0.05) is 36.2 Å². The Morgan fingerprint density at radius 1 is 1.08 bits per heavy atom. The van der Waals surface area contributed by atoms with Crippen molar-refractivity contribution >= 4 is 0 Å². The van der Waals surface area contributed by atoms with Crippen LogP contribution in [0.4, 0.5) is 0 Å². The molecule has 1 heteroatoms. The molecule has 0 fully saturated rings. The quantitative estimate of drug-likeness (QED) is 0.697. The van der Waals surface area contributed by atoms with Crippen LogP contribution in [0.2, 0.25) is 0 Å². The van der Waals surface area contributed by atoms with Gasteiger partial charge < -0.3 is 5.32 Å². The maximum absolute atomic E-state index is 3.41. The van der Waals surface area contributed by atoms with Gasteiger partial charge in [-0.3, -0.25) is 0 Å². The van der Waals surface area contributed by atoms with E-state index in [9.17, 15) is 0 Å². The summed E-state index contributed by atoms with van der Waals surface area (Å²) in [5.74, 6) is 0. The average molecular weight is 177 g/mol. The summed E-state index contributed by atoms with van der Waals surface area (Å²) in [4.78, 5) is 0. The Hall–Kier alpha value is -0.820. The largest absolute Gasteiger partial charge is 0.313 e. The second-order valence-corrected chi connectivity index (χ2v) is 3.67. The van der Waals surface area contributed by atoms with E-state index in [4.69, 9.17) is 0 Å². The van der Waals surface area contributed by atoms with Crippen molar-refractivity contribution < 1.29 is 0 Å². The first-order chi connectivity index (χ1) is 6.22. The molecule has 13 heavy (non-hydrogen) atoms. The van der Waals surface area contributed by atoms with Gasteiger partial charge in [-0.15, -0.1) is 0 Å². The minimum atomic E-state index is 0.996. The highest BCUT2D eigenvalue weighted by Crippen LogP contribution is 2.08. The number of hydrogen-bond donors (Lipinski definition) is 1. The first-order valence-corrected chi connectivity index (χ1v) is 5.00. The van der Waals surface area contributed by atoms with Crippen LogP contribution < -0.4 is 5.32 Å². The Bertz CT molecular complexity index is 246. The number of rotatable bonds is 4. The zero-order valence-electron chi connectivity index (χ0n) is 8.85. The SMILES string of the molecule is CCCNCc1cc(C)cc(C)c1. The zero-order valence-corrected chi connectivity index (χ0v) is 8.85. The Labute approximate surface area is 81.2 Å². The number of aryl methyl sites for hydroxylation is 2. The molecule has 1 aromatic carbocycles. The molecule has 0 aliphatic heterocycles. The van der Waals surface area contributed by atoms with E-state index in [1.165, 1.54) is 23.1 Å². The smallest absolute Gasteiger partial charge is 0.0205 e. The Morgan fingerprint density at radius 2 is 1.69 bits per heavy atom. The van der Waals surface area contributed by atoms with Gasteiger partial charge in [0.15, 0.2) is 0 Å². The molecule has 0 saturated heterocycles. The Kier molecular flexibility index (Phi) is 3.97. The third-order valence-electron chi connectivity index (χ3n) is 2.04. The fourth-order valence-corrected chi connectivity index (χ4v) is 1.58. The molecule has 1 N–H and O–H groups in total. The van der Waals surface area contributed by atoms with Crippen LogP contribution in [0.15, 0.2) is 18.2 Å². The van der Waals surface area contributed by atoms with Crippen LogP contribution in [-0.4, -0.2) is 6.54 Å². The summed E-state index contributed by atoms with van der Waals surface area (Å²) in [5, 5.41) is 3.41. The molecule has 72 valence electrons. The highest BCUT2D eigenvalue weighted by atomic mass is 14.8. The molecule has 0 amide bonds.